The van der Waals surface area contributed by atoms with E-state index in [1.54, 1.807) is 12.0 Å². The van der Waals surface area contributed by atoms with Gasteiger partial charge in [-0.25, -0.2) is 4.79 Å². The second kappa shape index (κ2) is 11.7. The van der Waals surface area contributed by atoms with Crippen molar-refractivity contribution in [3.63, 3.8) is 0 Å². The van der Waals surface area contributed by atoms with Crippen LogP contribution in [0.2, 0.25) is 0 Å². The minimum absolute atomic E-state index is 0.0733. The molecule has 6 nitrogen and oxygen atoms in total. The first kappa shape index (κ1) is 29.2. The van der Waals surface area contributed by atoms with Gasteiger partial charge in [0.1, 0.15) is 11.7 Å². The number of hydrogen-bond acceptors (Lipinski definition) is 5. The first-order valence-corrected chi connectivity index (χ1v) is 12.6. The van der Waals surface area contributed by atoms with Gasteiger partial charge >= 0.3 is 18.4 Å². The first-order chi connectivity index (χ1) is 18.4. The number of nitrogens with zero attached hydrogens (tertiary/aromatic N) is 2. The largest absolute Gasteiger partial charge is 0.441 e. The average molecular weight is 561 g/mol. The monoisotopic (exact) mass is 560 g/mol. The molecule has 2 aliphatic heterocycles. The fourth-order valence-electron chi connectivity index (χ4n) is 4.95. The zero-order valence-corrected chi connectivity index (χ0v) is 21.4. The summed E-state index contributed by atoms with van der Waals surface area (Å²) in [5.74, 6) is 0. The summed E-state index contributed by atoms with van der Waals surface area (Å²) < 4.78 is 96.8. The summed E-state index contributed by atoms with van der Waals surface area (Å²) >= 11 is 0. The van der Waals surface area contributed by atoms with Crippen molar-refractivity contribution in [1.82, 2.24) is 9.80 Å². The van der Waals surface area contributed by atoms with E-state index in [9.17, 15) is 31.1 Å². The summed E-state index contributed by atoms with van der Waals surface area (Å²) in [7, 11) is 1.56. The third-order valence-electron chi connectivity index (χ3n) is 7.10. The van der Waals surface area contributed by atoms with Gasteiger partial charge in [0, 0.05) is 46.1 Å². The number of likely N-dealkylation sites (tertiary alicyclic amines) is 1. The predicted molar refractivity (Wildman–Crippen MR) is 129 cm³/mol. The molecule has 0 N–H and O–H groups in total. The lowest BCUT2D eigenvalue weighted by molar-refractivity contribution is -0.138. The molecule has 2 saturated heterocycles. The standard InChI is InChI=1S/C27H30F6N2O4/c1-37-14-13-35-18-25(39-24(35)36)8-10-34(11-9-25)12-15-38-23(19-4-2-6-21(16-19)26(28,29)30)20-5-3-7-22(17-20)27(31,32)33/h2-7,16-17,23H,8-15,18H2,1H3. The van der Waals surface area contributed by atoms with E-state index in [0.29, 0.717) is 52.2 Å². The van der Waals surface area contributed by atoms with Gasteiger partial charge in [-0.2, -0.15) is 26.3 Å². The number of piperidine rings is 1. The molecule has 1 amide bonds. The van der Waals surface area contributed by atoms with Gasteiger partial charge < -0.3 is 24.0 Å². The van der Waals surface area contributed by atoms with E-state index in [1.165, 1.54) is 24.3 Å². The van der Waals surface area contributed by atoms with E-state index in [0.717, 1.165) is 24.3 Å². The molecule has 2 aromatic rings. The second-order valence-corrected chi connectivity index (χ2v) is 9.80. The molecule has 0 unspecified atom stereocenters. The van der Waals surface area contributed by atoms with Crippen LogP contribution in [0.15, 0.2) is 48.5 Å². The summed E-state index contributed by atoms with van der Waals surface area (Å²) in [4.78, 5) is 15.9. The number of methoxy groups -OCH3 is 1. The van der Waals surface area contributed by atoms with Crippen molar-refractivity contribution in [2.24, 2.45) is 0 Å². The van der Waals surface area contributed by atoms with Crippen LogP contribution >= 0.6 is 0 Å². The lowest BCUT2D eigenvalue weighted by atomic mass is 9.91. The van der Waals surface area contributed by atoms with E-state index in [4.69, 9.17) is 14.2 Å². The van der Waals surface area contributed by atoms with Crippen LogP contribution in [-0.4, -0.2) is 74.5 Å². The molecule has 0 saturated carbocycles. The Hall–Kier alpha value is -2.83. The SMILES string of the molecule is COCCN1CC2(CCN(CCOC(c3cccc(C(F)(F)F)c3)c3cccc(C(F)(F)F)c3)CC2)OC1=O. The van der Waals surface area contributed by atoms with Crippen LogP contribution in [0.1, 0.15) is 41.2 Å². The van der Waals surface area contributed by atoms with Crippen LogP contribution in [0.4, 0.5) is 31.1 Å². The van der Waals surface area contributed by atoms with E-state index >= 15 is 0 Å². The van der Waals surface area contributed by atoms with Crippen LogP contribution in [0, 0.1) is 0 Å². The Labute approximate surface area is 222 Å². The number of alkyl halides is 6. The molecular weight excluding hydrogens is 530 g/mol. The van der Waals surface area contributed by atoms with Gasteiger partial charge in [0.05, 0.1) is 30.9 Å². The quantitative estimate of drug-likeness (QED) is 0.365. The van der Waals surface area contributed by atoms with Crippen molar-refractivity contribution in [2.75, 3.05) is 53.0 Å². The average Bonchev–Trinajstić information content (AvgIpc) is 3.20. The van der Waals surface area contributed by atoms with Gasteiger partial charge in [-0.15, -0.1) is 0 Å². The fraction of sp³-hybridized carbons (Fsp3) is 0.519. The molecule has 0 bridgehead atoms. The topological polar surface area (TPSA) is 51.2 Å². The maximum absolute atomic E-state index is 13.3. The Balaban J connectivity index is 1.42. The summed E-state index contributed by atoms with van der Waals surface area (Å²) in [5.41, 5.74) is -2.17. The Bertz CT molecular complexity index is 1070. The number of ether oxygens (including phenoxy) is 3. The third kappa shape index (κ3) is 7.23. The zero-order valence-electron chi connectivity index (χ0n) is 21.4. The Morgan fingerprint density at radius 3 is 1.97 bits per heavy atom. The highest BCUT2D eigenvalue weighted by Gasteiger charge is 2.46. The summed E-state index contributed by atoms with van der Waals surface area (Å²) in [6.45, 7) is 3.02. The molecule has 2 fully saturated rings. The lowest BCUT2D eigenvalue weighted by Crippen LogP contribution is -2.47. The van der Waals surface area contributed by atoms with Gasteiger partial charge in [-0.1, -0.05) is 24.3 Å². The summed E-state index contributed by atoms with van der Waals surface area (Å²) in [5, 5.41) is 0. The third-order valence-corrected chi connectivity index (χ3v) is 7.10. The zero-order chi connectivity index (χ0) is 28.3. The predicted octanol–water partition coefficient (Wildman–Crippen LogP) is 5.76. The van der Waals surface area contributed by atoms with Crippen LogP contribution in [0.5, 0.6) is 0 Å². The van der Waals surface area contributed by atoms with E-state index in [1.807, 2.05) is 0 Å². The van der Waals surface area contributed by atoms with Crippen LogP contribution < -0.4 is 0 Å². The van der Waals surface area contributed by atoms with Gasteiger partial charge in [-0.05, 0) is 35.4 Å². The molecule has 2 aromatic carbocycles. The smallest absolute Gasteiger partial charge is 0.416 e. The number of halogens is 6. The van der Waals surface area contributed by atoms with Crippen LogP contribution in [-0.2, 0) is 26.6 Å². The normalized spacial score (nSPS) is 18.3. The number of rotatable bonds is 9. The second-order valence-electron chi connectivity index (χ2n) is 9.80. The Morgan fingerprint density at radius 1 is 0.897 bits per heavy atom. The first-order valence-electron chi connectivity index (χ1n) is 12.6. The summed E-state index contributed by atoms with van der Waals surface area (Å²) in [6, 6.07) is 8.86. The van der Waals surface area contributed by atoms with Crippen molar-refractivity contribution < 1.29 is 45.3 Å². The van der Waals surface area contributed by atoms with E-state index in [2.05, 4.69) is 4.90 Å². The van der Waals surface area contributed by atoms with Crippen molar-refractivity contribution in [2.45, 2.75) is 36.9 Å². The van der Waals surface area contributed by atoms with Gasteiger partial charge in [0.2, 0.25) is 0 Å². The van der Waals surface area contributed by atoms with E-state index < -0.39 is 35.2 Å². The minimum atomic E-state index is -4.61. The number of hydrogen-bond donors (Lipinski definition) is 0. The molecule has 0 radical (unpaired) electrons. The lowest BCUT2D eigenvalue weighted by Gasteiger charge is -2.37. The van der Waals surface area contributed by atoms with Crippen molar-refractivity contribution in [3.05, 3.63) is 70.8 Å². The molecule has 214 valence electrons. The maximum Gasteiger partial charge on any atom is 0.416 e. The molecule has 12 heteroatoms. The van der Waals surface area contributed by atoms with Crippen molar-refractivity contribution >= 4 is 6.09 Å². The Kier molecular flexibility index (Phi) is 8.77. The number of amides is 1. The highest BCUT2D eigenvalue weighted by Crippen LogP contribution is 2.37. The highest BCUT2D eigenvalue weighted by molar-refractivity contribution is 5.70. The van der Waals surface area contributed by atoms with Gasteiger partial charge in [-0.3, -0.25) is 0 Å². The molecule has 0 aromatic heterocycles. The van der Waals surface area contributed by atoms with Gasteiger partial charge in [0.25, 0.3) is 0 Å². The maximum atomic E-state index is 13.3. The van der Waals surface area contributed by atoms with Crippen LogP contribution in [0.3, 0.4) is 0 Å². The molecule has 39 heavy (non-hydrogen) atoms. The highest BCUT2D eigenvalue weighted by atomic mass is 19.4. The van der Waals surface area contributed by atoms with Crippen molar-refractivity contribution in [1.29, 1.82) is 0 Å². The number of benzene rings is 2. The summed E-state index contributed by atoms with van der Waals surface area (Å²) in [6.07, 6.45) is -9.51. The van der Waals surface area contributed by atoms with Gasteiger partial charge in [0.15, 0.2) is 0 Å². The van der Waals surface area contributed by atoms with Crippen molar-refractivity contribution in [3.8, 4) is 0 Å². The molecule has 4 rings (SSSR count). The van der Waals surface area contributed by atoms with Crippen LogP contribution in [0.25, 0.3) is 0 Å². The minimum Gasteiger partial charge on any atom is -0.441 e. The molecular formula is C27H30F6N2O4. The fourth-order valence-corrected chi connectivity index (χ4v) is 4.95. The Morgan fingerprint density at radius 2 is 1.46 bits per heavy atom. The number of carbonyl (C=O) groups excluding carboxylic acids is 1. The molecule has 0 aliphatic carbocycles. The van der Waals surface area contributed by atoms with E-state index in [-0.39, 0.29) is 23.8 Å². The number of carbonyl (C=O) groups is 1. The molecule has 0 atom stereocenters. The molecule has 2 heterocycles. The molecule has 1 spiro atoms. The molecule has 2 aliphatic rings.